The molecule has 0 aromatic heterocycles. The van der Waals surface area contributed by atoms with Gasteiger partial charge >= 0.3 is 0 Å². The van der Waals surface area contributed by atoms with E-state index < -0.39 is 0 Å². The molecule has 2 atom stereocenters. The summed E-state index contributed by atoms with van der Waals surface area (Å²) in [5.41, 5.74) is 2.56. The van der Waals surface area contributed by atoms with Gasteiger partial charge in [-0.15, -0.1) is 12.4 Å². The fourth-order valence-electron chi connectivity index (χ4n) is 2.89. The van der Waals surface area contributed by atoms with Crippen LogP contribution in [0.5, 0.6) is 5.75 Å². The Labute approximate surface area is 108 Å². The Morgan fingerprint density at radius 2 is 2.29 bits per heavy atom. The molecule has 0 radical (unpaired) electrons. The van der Waals surface area contributed by atoms with Crippen LogP contribution in [-0.4, -0.2) is 25.8 Å². The summed E-state index contributed by atoms with van der Waals surface area (Å²) < 4.78 is 11.4. The van der Waals surface area contributed by atoms with E-state index in [0.717, 1.165) is 18.8 Å². The highest BCUT2D eigenvalue weighted by Crippen LogP contribution is 2.43. The monoisotopic (exact) mass is 255 g/mol. The van der Waals surface area contributed by atoms with E-state index in [1.54, 1.807) is 7.11 Å². The molecule has 1 aromatic carbocycles. The number of fused-ring (bicyclic) bond motifs is 3. The van der Waals surface area contributed by atoms with Crippen molar-refractivity contribution >= 4 is 12.4 Å². The Kier molecular flexibility index (Phi) is 3.34. The maximum Gasteiger partial charge on any atom is 0.124 e. The minimum absolute atomic E-state index is 0. The summed E-state index contributed by atoms with van der Waals surface area (Å²) in [6.07, 6.45) is 0. The van der Waals surface area contributed by atoms with Crippen LogP contribution in [0.2, 0.25) is 0 Å². The van der Waals surface area contributed by atoms with Gasteiger partial charge in [0.25, 0.3) is 0 Å². The van der Waals surface area contributed by atoms with E-state index in [1.807, 2.05) is 6.07 Å². The van der Waals surface area contributed by atoms with Crippen LogP contribution in [0.1, 0.15) is 24.0 Å². The van der Waals surface area contributed by atoms with Gasteiger partial charge in [-0.2, -0.15) is 0 Å². The van der Waals surface area contributed by atoms with Gasteiger partial charge in [0.15, 0.2) is 0 Å². The van der Waals surface area contributed by atoms with Gasteiger partial charge in [0.05, 0.1) is 19.3 Å². The van der Waals surface area contributed by atoms with Gasteiger partial charge in [0.1, 0.15) is 5.75 Å². The minimum atomic E-state index is -0.0423. The van der Waals surface area contributed by atoms with Crippen LogP contribution in [0, 0.1) is 0 Å². The van der Waals surface area contributed by atoms with Gasteiger partial charge in [-0.25, -0.2) is 0 Å². The normalized spacial score (nSPS) is 30.1. The van der Waals surface area contributed by atoms with Crippen molar-refractivity contribution in [2.75, 3.05) is 20.2 Å². The largest absolute Gasteiger partial charge is 0.496 e. The Bertz CT molecular complexity index is 424. The summed E-state index contributed by atoms with van der Waals surface area (Å²) in [7, 11) is 1.72. The number of hydrogen-bond acceptors (Lipinski definition) is 3. The molecule has 1 N–H and O–H groups in total. The lowest BCUT2D eigenvalue weighted by atomic mass is 9.81. The minimum Gasteiger partial charge on any atom is -0.496 e. The molecule has 3 nitrogen and oxygen atoms in total. The molecule has 2 aliphatic rings. The Balaban J connectivity index is 0.00000108. The van der Waals surface area contributed by atoms with Crippen LogP contribution in [0.25, 0.3) is 0 Å². The third-order valence-electron chi connectivity index (χ3n) is 3.87. The SMILES string of the molecule is COc1cccc2c1CO[C@@]1(C)CNC[C@@H]21.Cl. The van der Waals surface area contributed by atoms with E-state index in [0.29, 0.717) is 12.5 Å². The van der Waals surface area contributed by atoms with Crippen LogP contribution < -0.4 is 10.1 Å². The molecule has 0 bridgehead atoms. The van der Waals surface area contributed by atoms with Crippen molar-refractivity contribution in [2.24, 2.45) is 0 Å². The zero-order chi connectivity index (χ0) is 11.2. The van der Waals surface area contributed by atoms with Gasteiger partial charge in [-0.05, 0) is 18.6 Å². The van der Waals surface area contributed by atoms with Crippen molar-refractivity contribution in [1.29, 1.82) is 0 Å². The lowest BCUT2D eigenvalue weighted by Gasteiger charge is -2.37. The maximum absolute atomic E-state index is 6.02. The number of methoxy groups -OCH3 is 1. The first-order chi connectivity index (χ1) is 7.74. The van der Waals surface area contributed by atoms with Gasteiger partial charge < -0.3 is 14.8 Å². The molecule has 0 unspecified atom stereocenters. The fraction of sp³-hybridized carbons (Fsp3) is 0.538. The molecule has 17 heavy (non-hydrogen) atoms. The lowest BCUT2D eigenvalue weighted by Crippen LogP contribution is -2.39. The van der Waals surface area contributed by atoms with Crippen molar-refractivity contribution < 1.29 is 9.47 Å². The average Bonchev–Trinajstić information content (AvgIpc) is 2.70. The predicted molar refractivity (Wildman–Crippen MR) is 69.0 cm³/mol. The molecule has 4 heteroatoms. The Hall–Kier alpha value is -0.770. The smallest absolute Gasteiger partial charge is 0.124 e. The van der Waals surface area contributed by atoms with E-state index in [1.165, 1.54) is 11.1 Å². The number of hydrogen-bond donors (Lipinski definition) is 1. The van der Waals surface area contributed by atoms with Crippen molar-refractivity contribution in [1.82, 2.24) is 5.32 Å². The number of ether oxygens (including phenoxy) is 2. The molecule has 3 rings (SSSR count). The second-order valence-electron chi connectivity index (χ2n) is 4.81. The first-order valence-corrected chi connectivity index (χ1v) is 5.75. The number of halogens is 1. The zero-order valence-corrected chi connectivity index (χ0v) is 11.0. The van der Waals surface area contributed by atoms with Gasteiger partial charge in [0.2, 0.25) is 0 Å². The van der Waals surface area contributed by atoms with Gasteiger partial charge in [-0.1, -0.05) is 12.1 Å². The first-order valence-electron chi connectivity index (χ1n) is 5.75. The highest BCUT2D eigenvalue weighted by atomic mass is 35.5. The Morgan fingerprint density at radius 1 is 1.47 bits per heavy atom. The highest BCUT2D eigenvalue weighted by Gasteiger charge is 2.44. The first kappa shape index (κ1) is 12.7. The molecule has 0 saturated carbocycles. The maximum atomic E-state index is 6.02. The molecular weight excluding hydrogens is 238 g/mol. The van der Waals surface area contributed by atoms with E-state index >= 15 is 0 Å². The van der Waals surface area contributed by atoms with E-state index in [2.05, 4.69) is 24.4 Å². The molecule has 94 valence electrons. The molecule has 1 saturated heterocycles. The Morgan fingerprint density at radius 3 is 3.06 bits per heavy atom. The molecule has 0 spiro atoms. The summed E-state index contributed by atoms with van der Waals surface area (Å²) in [6.45, 7) is 4.79. The predicted octanol–water partition coefficient (Wildman–Crippen LogP) is 2.09. The molecular formula is C13H18ClNO2. The van der Waals surface area contributed by atoms with Crippen molar-refractivity contribution in [2.45, 2.75) is 25.0 Å². The summed E-state index contributed by atoms with van der Waals surface area (Å²) in [6, 6.07) is 6.28. The summed E-state index contributed by atoms with van der Waals surface area (Å²) in [4.78, 5) is 0. The molecule has 1 aromatic rings. The second kappa shape index (κ2) is 4.48. The molecule has 0 amide bonds. The van der Waals surface area contributed by atoms with E-state index in [-0.39, 0.29) is 18.0 Å². The topological polar surface area (TPSA) is 30.5 Å². The third kappa shape index (κ3) is 1.82. The second-order valence-corrected chi connectivity index (χ2v) is 4.81. The highest BCUT2D eigenvalue weighted by molar-refractivity contribution is 5.85. The van der Waals surface area contributed by atoms with E-state index in [9.17, 15) is 0 Å². The number of rotatable bonds is 1. The van der Waals surface area contributed by atoms with Crippen molar-refractivity contribution in [3.05, 3.63) is 29.3 Å². The summed E-state index contributed by atoms with van der Waals surface area (Å²) in [5, 5.41) is 3.42. The molecule has 1 fully saturated rings. The lowest BCUT2D eigenvalue weighted by molar-refractivity contribution is -0.0525. The fourth-order valence-corrected chi connectivity index (χ4v) is 2.89. The van der Waals surface area contributed by atoms with Gasteiger partial charge in [0, 0.05) is 24.6 Å². The summed E-state index contributed by atoms with van der Waals surface area (Å²) in [5.74, 6) is 1.40. The van der Waals surface area contributed by atoms with Crippen LogP contribution in [0.3, 0.4) is 0 Å². The van der Waals surface area contributed by atoms with Crippen molar-refractivity contribution in [3.8, 4) is 5.75 Å². The zero-order valence-electron chi connectivity index (χ0n) is 10.2. The van der Waals surface area contributed by atoms with Crippen LogP contribution in [0.15, 0.2) is 18.2 Å². The summed E-state index contributed by atoms with van der Waals surface area (Å²) >= 11 is 0. The van der Waals surface area contributed by atoms with Crippen molar-refractivity contribution in [3.63, 3.8) is 0 Å². The number of benzene rings is 1. The van der Waals surface area contributed by atoms with Crippen LogP contribution >= 0.6 is 12.4 Å². The standard InChI is InChI=1S/C13H17NO2.ClH/c1-13-8-14-6-11(13)9-4-3-5-12(15-2)10(9)7-16-13;/h3-5,11,14H,6-8H2,1-2H3;1H/t11-,13-;/m0./s1. The molecule has 2 aliphatic heterocycles. The van der Waals surface area contributed by atoms with Crippen LogP contribution in [-0.2, 0) is 11.3 Å². The number of nitrogens with one attached hydrogen (secondary N) is 1. The third-order valence-corrected chi connectivity index (χ3v) is 3.87. The molecule has 0 aliphatic carbocycles. The average molecular weight is 256 g/mol. The quantitative estimate of drug-likeness (QED) is 0.834. The van der Waals surface area contributed by atoms with Gasteiger partial charge in [-0.3, -0.25) is 0 Å². The van der Waals surface area contributed by atoms with E-state index in [4.69, 9.17) is 9.47 Å². The van der Waals surface area contributed by atoms with Crippen LogP contribution in [0.4, 0.5) is 0 Å². The molecule has 2 heterocycles.